The minimum Gasteiger partial charge on any atom is -0.454 e. The smallest absolute Gasteiger partial charge is 0.231 e. The van der Waals surface area contributed by atoms with E-state index < -0.39 is 0 Å². The van der Waals surface area contributed by atoms with Crippen molar-refractivity contribution in [2.24, 2.45) is 0 Å². The molecule has 0 unspecified atom stereocenters. The van der Waals surface area contributed by atoms with Crippen LogP contribution in [0.5, 0.6) is 11.5 Å². The van der Waals surface area contributed by atoms with Gasteiger partial charge in [0.15, 0.2) is 11.5 Å². The maximum absolute atomic E-state index is 8.48. The van der Waals surface area contributed by atoms with E-state index in [1.807, 2.05) is 0 Å². The molecule has 3 rings (SSSR count). The third kappa shape index (κ3) is 1.34. The van der Waals surface area contributed by atoms with Crippen LogP contribution in [0.2, 0.25) is 0 Å². The van der Waals surface area contributed by atoms with Crippen LogP contribution in [0.25, 0.3) is 11.0 Å². The van der Waals surface area contributed by atoms with Crippen LogP contribution in [-0.4, -0.2) is 21.8 Å². The van der Waals surface area contributed by atoms with Crippen molar-refractivity contribution in [3.05, 3.63) is 12.1 Å². The van der Waals surface area contributed by atoms with Crippen LogP contribution < -0.4 is 9.47 Å². The largest absolute Gasteiger partial charge is 0.454 e. The van der Waals surface area contributed by atoms with Crippen LogP contribution in [0.3, 0.4) is 0 Å². The van der Waals surface area contributed by atoms with Gasteiger partial charge in [0.1, 0.15) is 11.0 Å². The van der Waals surface area contributed by atoms with Gasteiger partial charge in [0, 0.05) is 12.1 Å². The molecule has 6 nitrogen and oxygen atoms in total. The number of nitriles is 1. The van der Waals surface area contributed by atoms with Gasteiger partial charge < -0.3 is 9.47 Å². The van der Waals surface area contributed by atoms with Crippen LogP contribution >= 0.6 is 0 Å². The van der Waals surface area contributed by atoms with Gasteiger partial charge in [-0.25, -0.2) is 0 Å². The molecule has 1 aliphatic heterocycles. The minimum atomic E-state index is 0.246. The average molecular weight is 216 g/mol. The molecule has 0 N–H and O–H groups in total. The van der Waals surface area contributed by atoms with E-state index in [2.05, 4.69) is 16.3 Å². The molecule has 6 heteroatoms. The molecule has 0 saturated heterocycles. The number of fused-ring (bicyclic) bond motifs is 2. The molecule has 1 aromatic heterocycles. The summed E-state index contributed by atoms with van der Waals surface area (Å²) >= 11 is 0. The van der Waals surface area contributed by atoms with E-state index in [9.17, 15) is 0 Å². The van der Waals surface area contributed by atoms with Crippen LogP contribution in [0.1, 0.15) is 6.42 Å². The lowest BCUT2D eigenvalue weighted by molar-refractivity contribution is 0.174. The Kier molecular flexibility index (Phi) is 1.90. The predicted octanol–water partition coefficient (Wildman–Crippen LogP) is 1.07. The van der Waals surface area contributed by atoms with Gasteiger partial charge in [-0.05, 0) is 0 Å². The number of aryl methyl sites for hydroxylation is 1. The molecule has 1 aromatic carbocycles. The number of hydrogen-bond acceptors (Lipinski definition) is 5. The first-order valence-electron chi connectivity index (χ1n) is 4.88. The van der Waals surface area contributed by atoms with Crippen molar-refractivity contribution in [1.29, 1.82) is 5.26 Å². The normalized spacial score (nSPS) is 12.9. The molecule has 0 atom stereocenters. The van der Waals surface area contributed by atoms with Gasteiger partial charge in [-0.1, -0.05) is 0 Å². The maximum Gasteiger partial charge on any atom is 0.231 e. The van der Waals surface area contributed by atoms with E-state index in [-0.39, 0.29) is 6.79 Å². The Balaban J connectivity index is 2.03. The third-order valence-electron chi connectivity index (χ3n) is 2.34. The van der Waals surface area contributed by atoms with Crippen molar-refractivity contribution < 1.29 is 9.47 Å². The Hall–Kier alpha value is -2.29. The highest BCUT2D eigenvalue weighted by Gasteiger charge is 2.16. The molecule has 0 fully saturated rings. The summed E-state index contributed by atoms with van der Waals surface area (Å²) in [5.41, 5.74) is 1.50. The fourth-order valence-electron chi connectivity index (χ4n) is 1.60. The monoisotopic (exact) mass is 216 g/mol. The van der Waals surface area contributed by atoms with Crippen molar-refractivity contribution in [2.45, 2.75) is 13.0 Å². The van der Waals surface area contributed by atoms with Crippen molar-refractivity contribution in [3.8, 4) is 17.6 Å². The van der Waals surface area contributed by atoms with Crippen LogP contribution in [0.4, 0.5) is 0 Å². The molecule has 16 heavy (non-hydrogen) atoms. The lowest BCUT2D eigenvalue weighted by Crippen LogP contribution is -2.00. The number of ether oxygens (including phenoxy) is 2. The zero-order valence-electron chi connectivity index (χ0n) is 8.38. The number of rotatable bonds is 2. The molecule has 0 bridgehead atoms. The van der Waals surface area contributed by atoms with Crippen LogP contribution in [0.15, 0.2) is 12.1 Å². The molecule has 2 heterocycles. The predicted molar refractivity (Wildman–Crippen MR) is 53.9 cm³/mol. The van der Waals surface area contributed by atoms with E-state index >= 15 is 0 Å². The van der Waals surface area contributed by atoms with Crippen molar-refractivity contribution in [3.63, 3.8) is 0 Å². The summed E-state index contributed by atoms with van der Waals surface area (Å²) < 4.78 is 10.5. The highest BCUT2D eigenvalue weighted by atomic mass is 16.7. The third-order valence-corrected chi connectivity index (χ3v) is 2.34. The summed E-state index contributed by atoms with van der Waals surface area (Å²) in [6, 6.07) is 5.65. The summed E-state index contributed by atoms with van der Waals surface area (Å²) in [7, 11) is 0. The van der Waals surface area contributed by atoms with E-state index in [1.54, 1.807) is 12.1 Å². The second-order valence-electron chi connectivity index (χ2n) is 3.40. The Labute approximate surface area is 91.0 Å². The SMILES string of the molecule is N#CCCn1nc2cc3c(cc2n1)OCO3. The van der Waals surface area contributed by atoms with Crippen molar-refractivity contribution in [1.82, 2.24) is 15.0 Å². The number of hydrogen-bond donors (Lipinski definition) is 0. The zero-order valence-corrected chi connectivity index (χ0v) is 8.38. The van der Waals surface area contributed by atoms with Gasteiger partial charge in [-0.2, -0.15) is 20.3 Å². The van der Waals surface area contributed by atoms with E-state index in [0.29, 0.717) is 24.5 Å². The first-order valence-corrected chi connectivity index (χ1v) is 4.88. The Morgan fingerprint density at radius 3 is 2.44 bits per heavy atom. The molecule has 0 aliphatic carbocycles. The van der Waals surface area contributed by atoms with E-state index in [4.69, 9.17) is 14.7 Å². The lowest BCUT2D eigenvalue weighted by Gasteiger charge is -1.92. The average Bonchev–Trinajstić information content (AvgIpc) is 2.87. The van der Waals surface area contributed by atoms with Gasteiger partial charge in [0.05, 0.1) is 19.0 Å². The zero-order chi connectivity index (χ0) is 11.0. The summed E-state index contributed by atoms with van der Waals surface area (Å²) in [5.74, 6) is 1.39. The number of nitrogens with zero attached hydrogens (tertiary/aromatic N) is 4. The summed E-state index contributed by atoms with van der Waals surface area (Å²) in [6.45, 7) is 0.744. The second kappa shape index (κ2) is 3.38. The summed E-state index contributed by atoms with van der Waals surface area (Å²) in [5, 5.41) is 17.0. The first-order chi connectivity index (χ1) is 7.86. The number of aromatic nitrogens is 3. The molecule has 0 saturated carbocycles. The molecular weight excluding hydrogens is 208 g/mol. The Morgan fingerprint density at radius 1 is 1.25 bits per heavy atom. The maximum atomic E-state index is 8.48. The molecule has 0 spiro atoms. The minimum absolute atomic E-state index is 0.246. The van der Waals surface area contributed by atoms with Gasteiger partial charge in [-0.15, -0.1) is 0 Å². The first kappa shape index (κ1) is 8.97. The Bertz CT molecular complexity index is 543. The van der Waals surface area contributed by atoms with E-state index in [1.165, 1.54) is 4.80 Å². The quantitative estimate of drug-likeness (QED) is 0.750. The lowest BCUT2D eigenvalue weighted by atomic mass is 10.3. The Morgan fingerprint density at radius 2 is 1.88 bits per heavy atom. The van der Waals surface area contributed by atoms with E-state index in [0.717, 1.165) is 11.0 Å². The summed E-state index contributed by atoms with van der Waals surface area (Å²) in [6.07, 6.45) is 0.397. The van der Waals surface area contributed by atoms with Crippen molar-refractivity contribution in [2.75, 3.05) is 6.79 Å². The molecular formula is C10H8N4O2. The fourth-order valence-corrected chi connectivity index (χ4v) is 1.60. The highest BCUT2D eigenvalue weighted by molar-refractivity contribution is 5.78. The second-order valence-corrected chi connectivity index (χ2v) is 3.40. The standard InChI is InChI=1S/C10H8N4O2/c11-2-1-3-14-12-7-4-9-10(16-6-15-9)5-8(7)13-14/h4-5H,1,3,6H2. The number of benzene rings is 1. The molecule has 2 aromatic rings. The molecule has 1 aliphatic rings. The summed E-state index contributed by atoms with van der Waals surface area (Å²) in [4.78, 5) is 1.52. The van der Waals surface area contributed by atoms with Gasteiger partial charge in [0.25, 0.3) is 0 Å². The topological polar surface area (TPSA) is 73.0 Å². The molecule has 0 radical (unpaired) electrons. The van der Waals surface area contributed by atoms with Gasteiger partial charge in [0.2, 0.25) is 6.79 Å². The van der Waals surface area contributed by atoms with Crippen molar-refractivity contribution >= 4 is 11.0 Å². The van der Waals surface area contributed by atoms with Gasteiger partial charge >= 0.3 is 0 Å². The molecule has 0 amide bonds. The highest BCUT2D eigenvalue weighted by Crippen LogP contribution is 2.34. The fraction of sp³-hybridized carbons (Fsp3) is 0.300. The van der Waals surface area contributed by atoms with Crippen LogP contribution in [0, 0.1) is 11.3 Å². The van der Waals surface area contributed by atoms with Gasteiger partial charge in [-0.3, -0.25) is 0 Å². The van der Waals surface area contributed by atoms with Crippen LogP contribution in [-0.2, 0) is 6.54 Å². The molecule has 80 valence electrons.